The zero-order chi connectivity index (χ0) is 18.8. The van der Waals surface area contributed by atoms with Crippen LogP contribution >= 0.6 is 0 Å². The molecule has 4 heterocycles. The molecule has 3 aromatic rings. The molecule has 1 fully saturated rings. The number of halogens is 1. The second kappa shape index (κ2) is 7.22. The maximum Gasteiger partial charge on any atom is 0.251 e. The summed E-state index contributed by atoms with van der Waals surface area (Å²) in [6.45, 7) is 2.49. The number of aromatic amines is 1. The summed E-state index contributed by atoms with van der Waals surface area (Å²) in [5, 5.41) is 7.14. The molecule has 1 aliphatic rings. The molecule has 1 saturated heterocycles. The van der Waals surface area contributed by atoms with Crippen LogP contribution in [0.15, 0.2) is 36.7 Å². The average Bonchev–Trinajstić information content (AvgIpc) is 3.15. The standard InChI is InChI=1S/C19H19FN6O/c1-12-9-14(6-7-21-12)17-23-19(25-24-17)26-8-2-3-15(18(26)27)10-13-4-5-16(20)22-11-13/h4-7,9,11,15H,2-3,8,10H2,1H3,(H,23,24,25). The van der Waals surface area contributed by atoms with Crippen LogP contribution < -0.4 is 4.90 Å². The Morgan fingerprint density at radius 2 is 2.19 bits per heavy atom. The average molecular weight is 366 g/mol. The number of aryl methyl sites for hydroxylation is 1. The van der Waals surface area contributed by atoms with Crippen molar-refractivity contribution in [1.29, 1.82) is 0 Å². The van der Waals surface area contributed by atoms with Gasteiger partial charge in [-0.25, -0.2) is 4.98 Å². The number of H-pyrrole nitrogens is 1. The first-order chi connectivity index (χ1) is 13.1. The zero-order valence-electron chi connectivity index (χ0n) is 14.9. The van der Waals surface area contributed by atoms with Crippen molar-refractivity contribution in [3.8, 4) is 11.4 Å². The van der Waals surface area contributed by atoms with Gasteiger partial charge in [0.05, 0.1) is 0 Å². The third-order valence-electron chi connectivity index (χ3n) is 4.71. The first kappa shape index (κ1) is 17.3. The fourth-order valence-corrected chi connectivity index (χ4v) is 3.35. The zero-order valence-corrected chi connectivity index (χ0v) is 14.9. The lowest BCUT2D eigenvalue weighted by Crippen LogP contribution is -2.42. The van der Waals surface area contributed by atoms with Gasteiger partial charge < -0.3 is 0 Å². The topological polar surface area (TPSA) is 87.7 Å². The van der Waals surface area contributed by atoms with Crippen molar-refractivity contribution in [1.82, 2.24) is 25.1 Å². The molecule has 0 radical (unpaired) electrons. The van der Waals surface area contributed by atoms with Crippen LogP contribution in [0.4, 0.5) is 10.3 Å². The minimum atomic E-state index is -0.519. The molecular formula is C19H19FN6O. The van der Waals surface area contributed by atoms with E-state index in [0.717, 1.165) is 29.7 Å². The molecule has 27 heavy (non-hydrogen) atoms. The summed E-state index contributed by atoms with van der Waals surface area (Å²) in [6.07, 6.45) is 5.38. The largest absolute Gasteiger partial charge is 0.279 e. The molecule has 0 bridgehead atoms. The molecule has 0 aliphatic carbocycles. The minimum Gasteiger partial charge on any atom is -0.279 e. The Morgan fingerprint density at radius 1 is 1.30 bits per heavy atom. The smallest absolute Gasteiger partial charge is 0.251 e. The van der Waals surface area contributed by atoms with Gasteiger partial charge in [-0.05, 0) is 49.9 Å². The van der Waals surface area contributed by atoms with Crippen molar-refractivity contribution in [2.24, 2.45) is 5.92 Å². The lowest BCUT2D eigenvalue weighted by Gasteiger charge is -2.29. The third kappa shape index (κ3) is 3.69. The monoisotopic (exact) mass is 366 g/mol. The molecule has 1 amide bonds. The maximum absolute atomic E-state index is 13.0. The number of carbonyl (C=O) groups excluding carboxylic acids is 1. The molecule has 0 aromatic carbocycles. The first-order valence-corrected chi connectivity index (χ1v) is 8.87. The van der Waals surface area contributed by atoms with Crippen LogP contribution in [0, 0.1) is 18.8 Å². The van der Waals surface area contributed by atoms with E-state index in [0.29, 0.717) is 24.7 Å². The summed E-state index contributed by atoms with van der Waals surface area (Å²) in [7, 11) is 0. The van der Waals surface area contributed by atoms with E-state index in [1.54, 1.807) is 17.2 Å². The molecule has 4 rings (SSSR count). The highest BCUT2D eigenvalue weighted by Crippen LogP contribution is 2.26. The Labute approximate surface area is 155 Å². The number of pyridine rings is 2. The van der Waals surface area contributed by atoms with Gasteiger partial charge in [-0.2, -0.15) is 9.37 Å². The molecule has 0 spiro atoms. The second-order valence-electron chi connectivity index (χ2n) is 6.69. The van der Waals surface area contributed by atoms with Crippen molar-refractivity contribution in [2.45, 2.75) is 26.2 Å². The van der Waals surface area contributed by atoms with E-state index >= 15 is 0 Å². The van der Waals surface area contributed by atoms with Gasteiger partial charge in [-0.3, -0.25) is 19.8 Å². The van der Waals surface area contributed by atoms with Gasteiger partial charge in [0.15, 0.2) is 5.82 Å². The van der Waals surface area contributed by atoms with E-state index in [2.05, 4.69) is 25.1 Å². The Hall–Kier alpha value is -3.16. The molecule has 1 unspecified atom stereocenters. The lowest BCUT2D eigenvalue weighted by molar-refractivity contribution is -0.123. The van der Waals surface area contributed by atoms with Crippen molar-refractivity contribution in [3.63, 3.8) is 0 Å². The van der Waals surface area contributed by atoms with Gasteiger partial charge in [-0.1, -0.05) is 6.07 Å². The third-order valence-corrected chi connectivity index (χ3v) is 4.71. The van der Waals surface area contributed by atoms with Gasteiger partial charge in [0.1, 0.15) is 0 Å². The SMILES string of the molecule is Cc1cc(-c2nc(N3CCCC(Cc4ccc(F)nc4)C3=O)n[nH]2)ccn1. The van der Waals surface area contributed by atoms with E-state index in [1.807, 2.05) is 19.1 Å². The second-order valence-corrected chi connectivity index (χ2v) is 6.69. The van der Waals surface area contributed by atoms with Gasteiger partial charge >= 0.3 is 0 Å². The van der Waals surface area contributed by atoms with Crippen LogP contribution in [0.2, 0.25) is 0 Å². The first-order valence-electron chi connectivity index (χ1n) is 8.87. The number of nitrogens with zero attached hydrogens (tertiary/aromatic N) is 5. The Bertz CT molecular complexity index is 955. The fraction of sp³-hybridized carbons (Fsp3) is 0.316. The summed E-state index contributed by atoms with van der Waals surface area (Å²) in [4.78, 5) is 26.9. The van der Waals surface area contributed by atoms with Crippen LogP contribution in [0.3, 0.4) is 0 Å². The van der Waals surface area contributed by atoms with Crippen molar-refractivity contribution in [2.75, 3.05) is 11.4 Å². The summed E-state index contributed by atoms with van der Waals surface area (Å²) in [6, 6.07) is 6.75. The summed E-state index contributed by atoms with van der Waals surface area (Å²) in [5.74, 6) is 0.271. The highest BCUT2D eigenvalue weighted by molar-refractivity contribution is 5.94. The predicted molar refractivity (Wildman–Crippen MR) is 97.3 cm³/mol. The normalized spacial score (nSPS) is 17.3. The van der Waals surface area contributed by atoms with Gasteiger partial charge in [0.2, 0.25) is 11.9 Å². The summed E-state index contributed by atoms with van der Waals surface area (Å²) >= 11 is 0. The number of carbonyl (C=O) groups is 1. The molecule has 3 aromatic heterocycles. The van der Waals surface area contributed by atoms with E-state index in [1.165, 1.54) is 12.3 Å². The summed E-state index contributed by atoms with van der Waals surface area (Å²) in [5.41, 5.74) is 2.60. The van der Waals surface area contributed by atoms with Crippen LogP contribution in [-0.4, -0.2) is 37.6 Å². The lowest BCUT2D eigenvalue weighted by atomic mass is 9.91. The van der Waals surface area contributed by atoms with Crippen LogP contribution in [0.1, 0.15) is 24.1 Å². The number of hydrogen-bond donors (Lipinski definition) is 1. The number of amides is 1. The van der Waals surface area contributed by atoms with E-state index in [4.69, 9.17) is 0 Å². The molecule has 7 nitrogen and oxygen atoms in total. The van der Waals surface area contributed by atoms with Gasteiger partial charge in [0.25, 0.3) is 5.95 Å². The molecule has 8 heteroatoms. The van der Waals surface area contributed by atoms with Crippen molar-refractivity contribution in [3.05, 3.63) is 53.9 Å². The summed E-state index contributed by atoms with van der Waals surface area (Å²) < 4.78 is 13.0. The van der Waals surface area contributed by atoms with Crippen LogP contribution in [0.25, 0.3) is 11.4 Å². The fourth-order valence-electron chi connectivity index (χ4n) is 3.35. The minimum absolute atomic E-state index is 0.0120. The predicted octanol–water partition coefficient (Wildman–Crippen LogP) is 2.69. The Kier molecular flexibility index (Phi) is 4.62. The van der Waals surface area contributed by atoms with Crippen LogP contribution in [-0.2, 0) is 11.2 Å². The Morgan fingerprint density at radius 3 is 2.96 bits per heavy atom. The van der Waals surface area contributed by atoms with E-state index < -0.39 is 5.95 Å². The molecule has 0 saturated carbocycles. The molecule has 1 atom stereocenters. The molecule has 1 aliphatic heterocycles. The van der Waals surface area contributed by atoms with E-state index in [9.17, 15) is 9.18 Å². The highest BCUT2D eigenvalue weighted by Gasteiger charge is 2.32. The number of nitrogens with one attached hydrogen (secondary N) is 1. The Balaban J connectivity index is 1.52. The quantitative estimate of drug-likeness (QED) is 0.717. The number of hydrogen-bond acceptors (Lipinski definition) is 5. The van der Waals surface area contributed by atoms with E-state index in [-0.39, 0.29) is 11.8 Å². The molecular weight excluding hydrogens is 347 g/mol. The molecule has 138 valence electrons. The van der Waals surface area contributed by atoms with Gasteiger partial charge in [0, 0.05) is 36.1 Å². The molecule has 1 N–H and O–H groups in total. The number of aromatic nitrogens is 5. The van der Waals surface area contributed by atoms with Crippen molar-refractivity contribution >= 4 is 11.9 Å². The number of piperidine rings is 1. The number of rotatable bonds is 4. The van der Waals surface area contributed by atoms with Crippen molar-refractivity contribution < 1.29 is 9.18 Å². The van der Waals surface area contributed by atoms with Crippen LogP contribution in [0.5, 0.6) is 0 Å². The number of anilines is 1. The highest BCUT2D eigenvalue weighted by atomic mass is 19.1. The van der Waals surface area contributed by atoms with Gasteiger partial charge in [-0.15, -0.1) is 5.10 Å². The maximum atomic E-state index is 13.0.